The maximum Gasteiger partial charge on any atom is 0.419 e. The van der Waals surface area contributed by atoms with Crippen LogP contribution in [0.1, 0.15) is 34.5 Å². The Bertz CT molecular complexity index is 1220. The third-order valence-corrected chi connectivity index (χ3v) is 6.15. The average Bonchev–Trinajstić information content (AvgIpc) is 3.31. The summed E-state index contributed by atoms with van der Waals surface area (Å²) in [5.74, 6) is -1.96. The lowest BCUT2D eigenvalue weighted by Crippen LogP contribution is -2.50. The number of aromatic nitrogens is 3. The van der Waals surface area contributed by atoms with Gasteiger partial charge in [0.1, 0.15) is 11.6 Å². The first kappa shape index (κ1) is 24.2. The highest BCUT2D eigenvalue weighted by atomic mass is 19.4. The minimum atomic E-state index is -4.92. The summed E-state index contributed by atoms with van der Waals surface area (Å²) in [4.78, 5) is 31.0. The number of hydrogen-bond acceptors (Lipinski definition) is 5. The van der Waals surface area contributed by atoms with Gasteiger partial charge in [0, 0.05) is 37.5 Å². The third kappa shape index (κ3) is 5.10. The van der Waals surface area contributed by atoms with Gasteiger partial charge in [-0.3, -0.25) is 14.7 Å². The van der Waals surface area contributed by atoms with Crippen molar-refractivity contribution in [1.82, 2.24) is 20.1 Å². The van der Waals surface area contributed by atoms with Crippen molar-refractivity contribution in [1.29, 1.82) is 0 Å². The number of alkyl halides is 3. The van der Waals surface area contributed by atoms with E-state index >= 15 is 0 Å². The van der Waals surface area contributed by atoms with E-state index in [1.165, 1.54) is 4.90 Å². The van der Waals surface area contributed by atoms with Gasteiger partial charge in [0.25, 0.3) is 5.91 Å². The number of aromatic amines is 1. The number of nitrogens with zero attached hydrogens (tertiary/aromatic N) is 3. The molecule has 1 aromatic carbocycles. The van der Waals surface area contributed by atoms with Crippen molar-refractivity contribution in [2.45, 2.75) is 25.4 Å². The molecule has 12 heteroatoms. The van der Waals surface area contributed by atoms with Crippen LogP contribution < -0.4 is 11.1 Å². The number of primary amides is 1. The number of likely N-dealkylation sites (tertiary alicyclic amines) is 1. The number of nitrogens with two attached hydrogens (primary N) is 1. The number of halogens is 4. The lowest BCUT2D eigenvalue weighted by molar-refractivity contribution is -0.140. The van der Waals surface area contributed by atoms with E-state index in [2.05, 4.69) is 20.5 Å². The zero-order valence-corrected chi connectivity index (χ0v) is 18.4. The molecular formula is C23H22F4N6O2. The summed E-state index contributed by atoms with van der Waals surface area (Å²) >= 11 is 0. The van der Waals surface area contributed by atoms with Crippen LogP contribution in [0.25, 0.3) is 0 Å². The molecule has 1 aliphatic rings. The molecular weight excluding hydrogens is 468 g/mol. The zero-order chi connectivity index (χ0) is 25.2. The smallest absolute Gasteiger partial charge is 0.369 e. The molecule has 1 fully saturated rings. The van der Waals surface area contributed by atoms with Crippen molar-refractivity contribution in [3.63, 3.8) is 0 Å². The predicted octanol–water partition coefficient (Wildman–Crippen LogP) is 3.66. The van der Waals surface area contributed by atoms with E-state index in [1.807, 2.05) is 0 Å². The van der Waals surface area contributed by atoms with Crippen LogP contribution in [0.15, 0.2) is 48.7 Å². The molecule has 3 aromatic rings. The Morgan fingerprint density at radius 3 is 2.43 bits per heavy atom. The number of carbonyl (C=O) groups is 2. The summed E-state index contributed by atoms with van der Waals surface area (Å²) in [6.45, 7) is 0.0609. The maximum absolute atomic E-state index is 14.5. The highest BCUT2D eigenvalue weighted by Gasteiger charge is 2.42. The van der Waals surface area contributed by atoms with E-state index in [4.69, 9.17) is 5.73 Å². The lowest BCUT2D eigenvalue weighted by Gasteiger charge is -2.39. The van der Waals surface area contributed by atoms with Gasteiger partial charge >= 0.3 is 6.18 Å². The van der Waals surface area contributed by atoms with Crippen molar-refractivity contribution >= 4 is 23.5 Å². The molecule has 0 saturated carbocycles. The van der Waals surface area contributed by atoms with Crippen LogP contribution in [-0.2, 0) is 17.4 Å². The molecule has 184 valence electrons. The second kappa shape index (κ2) is 9.35. The Kier molecular flexibility index (Phi) is 6.46. The fraction of sp³-hybridized carbons (Fsp3) is 0.304. The first-order valence-electron chi connectivity index (χ1n) is 10.8. The van der Waals surface area contributed by atoms with E-state index in [1.54, 1.807) is 30.5 Å². The fourth-order valence-electron chi connectivity index (χ4n) is 4.19. The Morgan fingerprint density at radius 2 is 1.80 bits per heavy atom. The van der Waals surface area contributed by atoms with Gasteiger partial charge < -0.3 is 16.0 Å². The van der Waals surface area contributed by atoms with Crippen molar-refractivity contribution in [3.05, 3.63) is 71.3 Å². The highest BCUT2D eigenvalue weighted by molar-refractivity contribution is 5.95. The van der Waals surface area contributed by atoms with Crippen LogP contribution in [0.5, 0.6) is 0 Å². The first-order chi connectivity index (χ1) is 16.6. The van der Waals surface area contributed by atoms with Crippen LogP contribution in [0.3, 0.4) is 0 Å². The summed E-state index contributed by atoms with van der Waals surface area (Å²) in [5, 5.41) is 9.70. The molecule has 2 aromatic heterocycles. The van der Waals surface area contributed by atoms with Crippen LogP contribution >= 0.6 is 0 Å². The molecule has 2 amide bonds. The number of carbonyl (C=O) groups excluding carboxylic acids is 2. The Hall–Kier alpha value is -3.96. The molecule has 4 N–H and O–H groups in total. The van der Waals surface area contributed by atoms with Crippen molar-refractivity contribution in [3.8, 4) is 0 Å². The number of piperidine rings is 1. The topological polar surface area (TPSA) is 117 Å². The number of pyridine rings is 1. The summed E-state index contributed by atoms with van der Waals surface area (Å²) < 4.78 is 53.6. The summed E-state index contributed by atoms with van der Waals surface area (Å²) in [5.41, 5.74) is 3.15. The van der Waals surface area contributed by atoms with E-state index in [9.17, 15) is 27.2 Å². The van der Waals surface area contributed by atoms with Gasteiger partial charge in [-0.2, -0.15) is 18.3 Å². The van der Waals surface area contributed by atoms with E-state index in [0.29, 0.717) is 23.4 Å². The zero-order valence-electron chi connectivity index (χ0n) is 18.4. The van der Waals surface area contributed by atoms with E-state index in [0.717, 1.165) is 12.1 Å². The minimum Gasteiger partial charge on any atom is -0.369 e. The number of anilines is 2. The standard InChI is InChI=1S/C23H22F4N6O2/c24-19-15(4-2-5-16(19)23(25,26)27)20(34)33-11-8-22(9-12-33,21(28)35)13-14-3-1-6-17(30-14)31-18-7-10-29-32-18/h1-7,10H,8-9,11-13H2,(H2,28,35)(H2,29,30,31,32). The van der Waals surface area contributed by atoms with Crippen LogP contribution in [0.4, 0.5) is 29.2 Å². The van der Waals surface area contributed by atoms with E-state index in [-0.39, 0.29) is 32.4 Å². The fourth-order valence-corrected chi connectivity index (χ4v) is 4.19. The molecule has 8 nitrogen and oxygen atoms in total. The number of amides is 2. The Labute approximate surface area is 197 Å². The monoisotopic (exact) mass is 490 g/mol. The first-order valence-corrected chi connectivity index (χ1v) is 10.8. The molecule has 3 heterocycles. The molecule has 0 atom stereocenters. The summed E-state index contributed by atoms with van der Waals surface area (Å²) in [7, 11) is 0. The molecule has 35 heavy (non-hydrogen) atoms. The quantitative estimate of drug-likeness (QED) is 0.456. The van der Waals surface area contributed by atoms with Gasteiger partial charge in [-0.05, 0) is 37.1 Å². The van der Waals surface area contributed by atoms with Gasteiger partial charge in [-0.1, -0.05) is 12.1 Å². The number of H-pyrrole nitrogens is 1. The summed E-state index contributed by atoms with van der Waals surface area (Å²) in [6, 6.07) is 9.57. The van der Waals surface area contributed by atoms with Crippen molar-refractivity contribution in [2.24, 2.45) is 11.1 Å². The maximum atomic E-state index is 14.5. The van der Waals surface area contributed by atoms with Crippen LogP contribution in [-0.4, -0.2) is 45.0 Å². The molecule has 1 saturated heterocycles. The van der Waals surface area contributed by atoms with Gasteiger partial charge in [0.05, 0.1) is 16.5 Å². The number of rotatable bonds is 6. The summed E-state index contributed by atoms with van der Waals surface area (Å²) in [6.07, 6.45) is -2.75. The average molecular weight is 490 g/mol. The lowest BCUT2D eigenvalue weighted by atomic mass is 9.74. The largest absolute Gasteiger partial charge is 0.419 e. The second-order valence-electron chi connectivity index (χ2n) is 8.38. The van der Waals surface area contributed by atoms with Crippen molar-refractivity contribution in [2.75, 3.05) is 18.4 Å². The van der Waals surface area contributed by atoms with Crippen LogP contribution in [0, 0.1) is 11.2 Å². The molecule has 0 spiro atoms. The number of nitrogens with one attached hydrogen (secondary N) is 2. The Balaban J connectivity index is 1.48. The predicted molar refractivity (Wildman–Crippen MR) is 118 cm³/mol. The highest BCUT2D eigenvalue weighted by Crippen LogP contribution is 2.37. The molecule has 0 radical (unpaired) electrons. The number of benzene rings is 1. The molecule has 0 bridgehead atoms. The number of hydrogen-bond donors (Lipinski definition) is 3. The second-order valence-corrected chi connectivity index (χ2v) is 8.38. The third-order valence-electron chi connectivity index (χ3n) is 6.15. The van der Waals surface area contributed by atoms with Gasteiger partial charge in [0.2, 0.25) is 5.91 Å². The van der Waals surface area contributed by atoms with Gasteiger partial charge in [-0.15, -0.1) is 0 Å². The Morgan fingerprint density at radius 1 is 1.09 bits per heavy atom. The van der Waals surface area contributed by atoms with Gasteiger partial charge in [0.15, 0.2) is 5.82 Å². The molecule has 0 aliphatic carbocycles. The van der Waals surface area contributed by atoms with Gasteiger partial charge in [-0.25, -0.2) is 9.37 Å². The van der Waals surface area contributed by atoms with Crippen molar-refractivity contribution < 1.29 is 27.2 Å². The minimum absolute atomic E-state index is 0.0304. The molecule has 0 unspecified atom stereocenters. The molecule has 1 aliphatic heterocycles. The molecule has 4 rings (SSSR count). The van der Waals surface area contributed by atoms with E-state index < -0.39 is 40.3 Å². The normalized spacial score (nSPS) is 15.6. The SMILES string of the molecule is NC(=O)C1(Cc2cccc(Nc3cc[nH]n3)n2)CCN(C(=O)c2cccc(C(F)(F)F)c2F)CC1. The van der Waals surface area contributed by atoms with Crippen LogP contribution in [0.2, 0.25) is 0 Å².